The highest BCUT2D eigenvalue weighted by atomic mass is 35.5. The third kappa shape index (κ3) is 3.80. The Hall–Kier alpha value is -3.18. The van der Waals surface area contributed by atoms with Gasteiger partial charge < -0.3 is 9.67 Å². The number of pyridine rings is 1. The molecule has 3 aromatic carbocycles. The molecular weight excluding hydrogens is 453 g/mol. The minimum absolute atomic E-state index is 0.423. The van der Waals surface area contributed by atoms with E-state index in [9.17, 15) is 5.11 Å². The first-order valence-corrected chi connectivity index (χ1v) is 11.2. The molecular formula is C27H21Cl2N3O. The van der Waals surface area contributed by atoms with E-state index in [1.807, 2.05) is 54.1 Å². The van der Waals surface area contributed by atoms with Crippen LogP contribution < -0.4 is 0 Å². The van der Waals surface area contributed by atoms with Crippen LogP contribution in [0, 0.1) is 6.92 Å². The van der Waals surface area contributed by atoms with Gasteiger partial charge in [0.05, 0.1) is 23.7 Å². The average Bonchev–Trinajstić information content (AvgIpc) is 3.24. The highest BCUT2D eigenvalue weighted by Crippen LogP contribution is 2.40. The highest BCUT2D eigenvalue weighted by molar-refractivity contribution is 6.30. The Morgan fingerprint density at radius 1 is 0.909 bits per heavy atom. The zero-order valence-corrected chi connectivity index (χ0v) is 19.6. The summed E-state index contributed by atoms with van der Waals surface area (Å²) in [6.45, 7) is 2.06. The van der Waals surface area contributed by atoms with Gasteiger partial charge in [-0.05, 0) is 59.5 Å². The Labute approximate surface area is 202 Å². The number of aryl methyl sites for hydroxylation is 2. The SMILES string of the molecule is Cc1cccc(-c2cc(Cl)nc3ccc(C(O)(c4ccc(Cl)cc4)c4cncn4C)cc23)c1. The zero-order valence-electron chi connectivity index (χ0n) is 18.1. The molecule has 1 atom stereocenters. The molecule has 0 radical (unpaired) electrons. The van der Waals surface area contributed by atoms with Crippen LogP contribution in [0.4, 0.5) is 0 Å². The molecule has 0 aliphatic heterocycles. The molecule has 0 fully saturated rings. The van der Waals surface area contributed by atoms with Crippen LogP contribution >= 0.6 is 23.2 Å². The van der Waals surface area contributed by atoms with E-state index in [1.165, 1.54) is 0 Å². The Kier molecular flexibility index (Phi) is 5.45. The van der Waals surface area contributed by atoms with Crippen LogP contribution in [0.2, 0.25) is 10.2 Å². The van der Waals surface area contributed by atoms with Crippen LogP contribution in [-0.2, 0) is 12.6 Å². The monoisotopic (exact) mass is 473 g/mol. The summed E-state index contributed by atoms with van der Waals surface area (Å²) in [6.07, 6.45) is 3.36. The molecule has 2 heterocycles. The van der Waals surface area contributed by atoms with Gasteiger partial charge in [0.2, 0.25) is 0 Å². The van der Waals surface area contributed by atoms with Crippen LogP contribution in [0.3, 0.4) is 0 Å². The second kappa shape index (κ2) is 8.31. The molecule has 5 aromatic rings. The van der Waals surface area contributed by atoms with E-state index in [-0.39, 0.29) is 0 Å². The molecule has 0 amide bonds. The predicted molar refractivity (Wildman–Crippen MR) is 134 cm³/mol. The first kappa shape index (κ1) is 21.7. The van der Waals surface area contributed by atoms with Crippen LogP contribution in [-0.4, -0.2) is 19.6 Å². The summed E-state index contributed by atoms with van der Waals surface area (Å²) in [5.74, 6) is 0. The lowest BCUT2D eigenvalue weighted by Gasteiger charge is -2.30. The molecule has 4 nitrogen and oxygen atoms in total. The lowest BCUT2D eigenvalue weighted by atomic mass is 9.82. The van der Waals surface area contributed by atoms with E-state index in [4.69, 9.17) is 23.2 Å². The maximum absolute atomic E-state index is 12.3. The lowest BCUT2D eigenvalue weighted by molar-refractivity contribution is 0.117. The van der Waals surface area contributed by atoms with Crippen LogP contribution in [0.25, 0.3) is 22.0 Å². The summed E-state index contributed by atoms with van der Waals surface area (Å²) in [6, 6.07) is 23.1. The third-order valence-electron chi connectivity index (χ3n) is 5.97. The fourth-order valence-electron chi connectivity index (χ4n) is 4.33. The highest BCUT2D eigenvalue weighted by Gasteiger charge is 2.36. The summed E-state index contributed by atoms with van der Waals surface area (Å²) < 4.78 is 1.82. The molecule has 5 rings (SSSR count). The van der Waals surface area contributed by atoms with E-state index in [2.05, 4.69) is 35.1 Å². The van der Waals surface area contributed by atoms with Crippen molar-refractivity contribution in [2.75, 3.05) is 0 Å². The van der Waals surface area contributed by atoms with Gasteiger partial charge in [-0.25, -0.2) is 9.97 Å². The summed E-state index contributed by atoms with van der Waals surface area (Å²) in [5.41, 5.74) is 4.48. The zero-order chi connectivity index (χ0) is 23.2. The van der Waals surface area contributed by atoms with Crippen LogP contribution in [0.15, 0.2) is 85.3 Å². The van der Waals surface area contributed by atoms with Gasteiger partial charge in [0, 0.05) is 17.5 Å². The second-order valence-electron chi connectivity index (χ2n) is 8.20. The van der Waals surface area contributed by atoms with Crippen molar-refractivity contribution in [2.45, 2.75) is 12.5 Å². The summed E-state index contributed by atoms with van der Waals surface area (Å²) in [4.78, 5) is 8.77. The van der Waals surface area contributed by atoms with Gasteiger partial charge >= 0.3 is 0 Å². The molecule has 1 N–H and O–H groups in total. The number of hydrogen-bond donors (Lipinski definition) is 1. The van der Waals surface area contributed by atoms with Crippen molar-refractivity contribution < 1.29 is 5.11 Å². The Balaban J connectivity index is 1.80. The van der Waals surface area contributed by atoms with Gasteiger partial charge in [0.1, 0.15) is 5.15 Å². The topological polar surface area (TPSA) is 50.9 Å². The van der Waals surface area contributed by atoms with Gasteiger partial charge in [0.25, 0.3) is 0 Å². The van der Waals surface area contributed by atoms with E-state index in [0.29, 0.717) is 27.0 Å². The molecule has 2 aromatic heterocycles. The maximum Gasteiger partial charge on any atom is 0.156 e. The molecule has 6 heteroatoms. The lowest BCUT2D eigenvalue weighted by Crippen LogP contribution is -2.31. The molecule has 0 saturated carbocycles. The molecule has 1 unspecified atom stereocenters. The third-order valence-corrected chi connectivity index (χ3v) is 6.42. The largest absolute Gasteiger partial charge is 0.374 e. The van der Waals surface area contributed by atoms with Crippen LogP contribution in [0.1, 0.15) is 22.4 Å². The van der Waals surface area contributed by atoms with Gasteiger partial charge in [-0.15, -0.1) is 0 Å². The van der Waals surface area contributed by atoms with Crippen molar-refractivity contribution in [3.05, 3.63) is 118 Å². The smallest absolute Gasteiger partial charge is 0.156 e. The standard InChI is InChI=1S/C27H21Cl2N3O/c1-17-4-3-5-18(12-17)22-14-26(29)31-24-11-8-20(13-23(22)24)27(33,25-15-30-16-32(25)2)19-6-9-21(28)10-7-19/h3-16,33H,1-2H3. The Bertz CT molecular complexity index is 1480. The molecule has 0 spiro atoms. The van der Waals surface area contributed by atoms with Gasteiger partial charge in [-0.2, -0.15) is 0 Å². The minimum Gasteiger partial charge on any atom is -0.374 e. The van der Waals surface area contributed by atoms with E-state index in [1.54, 1.807) is 24.7 Å². The molecule has 0 aliphatic carbocycles. The van der Waals surface area contributed by atoms with E-state index in [0.717, 1.165) is 27.6 Å². The minimum atomic E-state index is -1.45. The molecule has 33 heavy (non-hydrogen) atoms. The number of hydrogen-bond acceptors (Lipinski definition) is 3. The first-order chi connectivity index (χ1) is 15.9. The van der Waals surface area contributed by atoms with Gasteiger partial charge in [0.15, 0.2) is 5.60 Å². The quantitative estimate of drug-likeness (QED) is 0.301. The van der Waals surface area contributed by atoms with Crippen molar-refractivity contribution in [1.82, 2.24) is 14.5 Å². The van der Waals surface area contributed by atoms with Gasteiger partial charge in [-0.3, -0.25) is 0 Å². The summed E-state index contributed by atoms with van der Waals surface area (Å²) in [5, 5.41) is 14.2. The normalized spacial score (nSPS) is 13.2. The fourth-order valence-corrected chi connectivity index (χ4v) is 4.66. The number of aliphatic hydroxyl groups is 1. The summed E-state index contributed by atoms with van der Waals surface area (Å²) >= 11 is 12.5. The van der Waals surface area contributed by atoms with Crippen LogP contribution in [0.5, 0.6) is 0 Å². The van der Waals surface area contributed by atoms with E-state index < -0.39 is 5.60 Å². The Morgan fingerprint density at radius 3 is 2.36 bits per heavy atom. The Morgan fingerprint density at radius 2 is 1.67 bits per heavy atom. The first-order valence-electron chi connectivity index (χ1n) is 10.5. The number of aromatic nitrogens is 3. The molecule has 0 bridgehead atoms. The average molecular weight is 474 g/mol. The maximum atomic E-state index is 12.3. The number of fused-ring (bicyclic) bond motifs is 1. The predicted octanol–water partition coefficient (Wildman–Crippen LogP) is 6.53. The molecule has 0 saturated heterocycles. The molecule has 0 aliphatic rings. The van der Waals surface area contributed by atoms with Crippen molar-refractivity contribution in [3.8, 4) is 11.1 Å². The molecule has 164 valence electrons. The fraction of sp³-hybridized carbons (Fsp3) is 0.111. The number of rotatable bonds is 4. The van der Waals surface area contributed by atoms with E-state index >= 15 is 0 Å². The van der Waals surface area contributed by atoms with Crippen molar-refractivity contribution in [1.29, 1.82) is 0 Å². The van der Waals surface area contributed by atoms with Crippen molar-refractivity contribution in [2.24, 2.45) is 7.05 Å². The number of halogens is 2. The van der Waals surface area contributed by atoms with Gasteiger partial charge in [-0.1, -0.05) is 71.2 Å². The number of imidazole rings is 1. The summed E-state index contributed by atoms with van der Waals surface area (Å²) in [7, 11) is 1.86. The second-order valence-corrected chi connectivity index (χ2v) is 9.02. The number of nitrogens with zero attached hydrogens (tertiary/aromatic N) is 3. The van der Waals surface area contributed by atoms with Crippen molar-refractivity contribution >= 4 is 34.1 Å². The van der Waals surface area contributed by atoms with Crippen molar-refractivity contribution in [3.63, 3.8) is 0 Å². The number of benzene rings is 3.